The van der Waals surface area contributed by atoms with Gasteiger partial charge in [0, 0.05) is 5.56 Å². The van der Waals surface area contributed by atoms with Crippen molar-refractivity contribution in [2.75, 3.05) is 6.61 Å². The van der Waals surface area contributed by atoms with Gasteiger partial charge in [-0.3, -0.25) is 0 Å². The fraction of sp³-hybridized carbons (Fsp3) is 0.294. The summed E-state index contributed by atoms with van der Waals surface area (Å²) in [6, 6.07) is 4.39. The van der Waals surface area contributed by atoms with Crippen LogP contribution in [0.1, 0.15) is 25.3 Å². The van der Waals surface area contributed by atoms with Crippen LogP contribution in [0, 0.1) is 17.1 Å². The molecule has 2 rings (SSSR count). The molecule has 27 heavy (non-hydrogen) atoms. The van der Waals surface area contributed by atoms with Crippen molar-refractivity contribution in [2.45, 2.75) is 26.1 Å². The van der Waals surface area contributed by atoms with E-state index in [4.69, 9.17) is 15.2 Å². The van der Waals surface area contributed by atoms with Gasteiger partial charge < -0.3 is 19.9 Å². The van der Waals surface area contributed by atoms with E-state index in [1.807, 2.05) is 0 Å². The number of nitriles is 1. The molecule has 1 aromatic carbocycles. The second-order valence-corrected chi connectivity index (χ2v) is 5.31. The van der Waals surface area contributed by atoms with E-state index < -0.39 is 46.8 Å². The van der Waals surface area contributed by atoms with E-state index in [0.717, 1.165) is 18.2 Å². The number of alkyl halides is 3. The summed E-state index contributed by atoms with van der Waals surface area (Å²) in [4.78, 5) is 12.3. The molecule has 0 fully saturated rings. The van der Waals surface area contributed by atoms with Crippen molar-refractivity contribution in [3.63, 3.8) is 0 Å². The maximum absolute atomic E-state index is 14.6. The summed E-state index contributed by atoms with van der Waals surface area (Å²) < 4.78 is 66.7. The van der Waals surface area contributed by atoms with Gasteiger partial charge in [0.15, 0.2) is 0 Å². The summed E-state index contributed by atoms with van der Waals surface area (Å²) in [5.74, 6) is -5.21. The van der Waals surface area contributed by atoms with Crippen LogP contribution in [0.2, 0.25) is 0 Å². The summed E-state index contributed by atoms with van der Waals surface area (Å²) in [6.07, 6.45) is -5.13. The molecule has 0 spiro atoms. The van der Waals surface area contributed by atoms with Gasteiger partial charge in [0.25, 0.3) is 0 Å². The monoisotopic (exact) mass is 386 g/mol. The lowest BCUT2D eigenvalue weighted by molar-refractivity contribution is -0.275. The summed E-state index contributed by atoms with van der Waals surface area (Å²) in [5, 5.41) is 9.40. The predicted octanol–water partition coefficient (Wildman–Crippen LogP) is 3.37. The molecular formula is C17H14F4N2O4. The van der Waals surface area contributed by atoms with Gasteiger partial charge in [-0.1, -0.05) is 6.07 Å². The number of hydrogen-bond acceptors (Lipinski definition) is 6. The molecule has 0 bridgehead atoms. The summed E-state index contributed by atoms with van der Waals surface area (Å²) >= 11 is 0. The van der Waals surface area contributed by atoms with Crippen LogP contribution in [-0.4, -0.2) is 18.9 Å². The highest BCUT2D eigenvalue weighted by molar-refractivity contribution is 5.92. The Morgan fingerprint density at radius 3 is 2.63 bits per heavy atom. The lowest BCUT2D eigenvalue weighted by atomic mass is 9.82. The molecular weight excluding hydrogens is 372 g/mol. The molecule has 2 N–H and O–H groups in total. The van der Waals surface area contributed by atoms with E-state index in [0.29, 0.717) is 0 Å². The summed E-state index contributed by atoms with van der Waals surface area (Å²) in [7, 11) is 0. The molecule has 1 unspecified atom stereocenters. The van der Waals surface area contributed by atoms with Crippen molar-refractivity contribution in [2.24, 2.45) is 5.73 Å². The molecule has 1 aliphatic rings. The minimum atomic E-state index is -5.13. The average molecular weight is 386 g/mol. The molecule has 1 atom stereocenters. The molecule has 6 nitrogen and oxygen atoms in total. The van der Waals surface area contributed by atoms with E-state index in [-0.39, 0.29) is 17.9 Å². The van der Waals surface area contributed by atoms with Gasteiger partial charge in [-0.2, -0.15) is 5.26 Å². The predicted molar refractivity (Wildman–Crippen MR) is 83.1 cm³/mol. The molecule has 0 radical (unpaired) electrons. The fourth-order valence-electron chi connectivity index (χ4n) is 2.65. The minimum absolute atomic E-state index is 0.0629. The molecule has 0 saturated heterocycles. The maximum Gasteiger partial charge on any atom is 0.573 e. The maximum atomic E-state index is 14.6. The third kappa shape index (κ3) is 4.13. The van der Waals surface area contributed by atoms with E-state index in [1.165, 1.54) is 13.8 Å². The Balaban J connectivity index is 2.76. The van der Waals surface area contributed by atoms with Crippen molar-refractivity contribution in [1.82, 2.24) is 0 Å². The second kappa shape index (κ2) is 7.57. The number of rotatable bonds is 4. The van der Waals surface area contributed by atoms with Crippen LogP contribution in [0.15, 0.2) is 41.0 Å². The zero-order valence-electron chi connectivity index (χ0n) is 14.2. The molecule has 1 aromatic rings. The first kappa shape index (κ1) is 20.1. The van der Waals surface area contributed by atoms with E-state index in [9.17, 15) is 27.6 Å². The van der Waals surface area contributed by atoms with Crippen molar-refractivity contribution >= 4 is 5.97 Å². The van der Waals surface area contributed by atoms with Crippen molar-refractivity contribution < 1.29 is 36.6 Å². The first-order valence-electron chi connectivity index (χ1n) is 7.60. The second-order valence-electron chi connectivity index (χ2n) is 5.31. The quantitative estimate of drug-likeness (QED) is 0.630. The average Bonchev–Trinajstić information content (AvgIpc) is 2.53. The number of esters is 1. The van der Waals surface area contributed by atoms with Crippen LogP contribution >= 0.6 is 0 Å². The van der Waals surface area contributed by atoms with Crippen LogP contribution in [0.25, 0.3) is 0 Å². The lowest BCUT2D eigenvalue weighted by Gasteiger charge is -2.28. The number of nitrogens with two attached hydrogens (primary N) is 1. The molecule has 1 aliphatic heterocycles. The lowest BCUT2D eigenvalue weighted by Crippen LogP contribution is -2.27. The number of benzene rings is 1. The highest BCUT2D eigenvalue weighted by Crippen LogP contribution is 2.45. The Morgan fingerprint density at radius 1 is 1.41 bits per heavy atom. The highest BCUT2D eigenvalue weighted by Gasteiger charge is 2.41. The Labute approximate surface area is 151 Å². The molecule has 0 saturated carbocycles. The van der Waals surface area contributed by atoms with Crippen LogP contribution < -0.4 is 10.5 Å². The fourth-order valence-corrected chi connectivity index (χ4v) is 2.65. The smallest absolute Gasteiger partial charge is 0.463 e. The molecule has 0 amide bonds. The SMILES string of the molecule is CCOC(=O)C1=C(C)OC(N)=C(C#N)C1c1c(F)cccc1OC(F)(F)F. The number of ether oxygens (including phenoxy) is 3. The van der Waals surface area contributed by atoms with Crippen LogP contribution in [-0.2, 0) is 14.3 Å². The first-order chi connectivity index (χ1) is 12.6. The van der Waals surface area contributed by atoms with Crippen molar-refractivity contribution in [1.29, 1.82) is 5.26 Å². The van der Waals surface area contributed by atoms with E-state index in [2.05, 4.69) is 4.74 Å². The minimum Gasteiger partial charge on any atom is -0.463 e. The zero-order chi connectivity index (χ0) is 20.4. The molecule has 0 aromatic heterocycles. The Bertz CT molecular complexity index is 869. The van der Waals surface area contributed by atoms with Gasteiger partial charge in [0.2, 0.25) is 5.88 Å². The molecule has 1 heterocycles. The molecule has 10 heteroatoms. The van der Waals surface area contributed by atoms with Gasteiger partial charge in [0.05, 0.1) is 18.1 Å². The molecule has 0 aliphatic carbocycles. The Hall–Kier alpha value is -3.22. The topological polar surface area (TPSA) is 94.6 Å². The highest BCUT2D eigenvalue weighted by atomic mass is 19.4. The van der Waals surface area contributed by atoms with Gasteiger partial charge in [-0.05, 0) is 26.0 Å². The van der Waals surface area contributed by atoms with E-state index >= 15 is 0 Å². The van der Waals surface area contributed by atoms with Gasteiger partial charge in [0.1, 0.15) is 29.0 Å². The molecule has 144 valence electrons. The number of carbonyl (C=O) groups is 1. The summed E-state index contributed by atoms with van der Waals surface area (Å²) in [6.45, 7) is 2.74. The first-order valence-corrected chi connectivity index (χ1v) is 7.60. The number of allylic oxidation sites excluding steroid dienone is 2. The number of hydrogen-bond donors (Lipinski definition) is 1. The van der Waals surface area contributed by atoms with Gasteiger partial charge in [-0.15, -0.1) is 13.2 Å². The van der Waals surface area contributed by atoms with Gasteiger partial charge >= 0.3 is 12.3 Å². The Morgan fingerprint density at radius 2 is 2.07 bits per heavy atom. The largest absolute Gasteiger partial charge is 0.573 e. The summed E-state index contributed by atoms with van der Waals surface area (Å²) in [5.41, 5.74) is 4.16. The van der Waals surface area contributed by atoms with E-state index in [1.54, 1.807) is 6.07 Å². The Kier molecular flexibility index (Phi) is 5.64. The van der Waals surface area contributed by atoms with Crippen LogP contribution in [0.5, 0.6) is 5.75 Å². The number of halogens is 4. The third-order valence-corrected chi connectivity index (χ3v) is 3.63. The number of carbonyl (C=O) groups excluding carboxylic acids is 1. The standard InChI is InChI=1S/C17H14F4N2O4/c1-3-25-16(24)12-8(2)26-15(23)9(7-22)13(12)14-10(18)5-4-6-11(14)27-17(19,20)21/h4-6,13H,3,23H2,1-2H3. The number of nitrogens with zero attached hydrogens (tertiary/aromatic N) is 1. The normalized spacial score (nSPS) is 17.3. The van der Waals surface area contributed by atoms with Crippen molar-refractivity contribution in [3.05, 3.63) is 52.4 Å². The third-order valence-electron chi connectivity index (χ3n) is 3.63. The van der Waals surface area contributed by atoms with Gasteiger partial charge in [-0.25, -0.2) is 9.18 Å². The van der Waals surface area contributed by atoms with Crippen molar-refractivity contribution in [3.8, 4) is 11.8 Å². The zero-order valence-corrected chi connectivity index (χ0v) is 14.2. The van der Waals surface area contributed by atoms with Crippen LogP contribution in [0.4, 0.5) is 17.6 Å². The van der Waals surface area contributed by atoms with Crippen LogP contribution in [0.3, 0.4) is 0 Å².